The molecule has 1 aromatic rings. The van der Waals surface area contributed by atoms with Crippen LogP contribution in [0.25, 0.3) is 0 Å². The van der Waals surface area contributed by atoms with Gasteiger partial charge in [-0.2, -0.15) is 0 Å². The molecule has 0 unspecified atom stereocenters. The zero-order valence-corrected chi connectivity index (χ0v) is 10.3. The normalized spacial score (nSPS) is 24.7. The molecule has 0 amide bonds. The SMILES string of the molecule is C[C@@H]1C[C@@H](C)CN(c2ccc(C(=O)O)cn2)C1. The summed E-state index contributed by atoms with van der Waals surface area (Å²) in [5.74, 6) is 1.29. The van der Waals surface area contributed by atoms with Crippen LogP contribution in [0, 0.1) is 11.8 Å². The zero-order valence-electron chi connectivity index (χ0n) is 10.3. The van der Waals surface area contributed by atoms with E-state index in [-0.39, 0.29) is 5.56 Å². The van der Waals surface area contributed by atoms with Gasteiger partial charge in [0.2, 0.25) is 0 Å². The van der Waals surface area contributed by atoms with Gasteiger partial charge < -0.3 is 10.0 Å². The van der Waals surface area contributed by atoms with Gasteiger partial charge in [0.25, 0.3) is 0 Å². The Balaban J connectivity index is 2.14. The summed E-state index contributed by atoms with van der Waals surface area (Å²) in [4.78, 5) is 17.2. The van der Waals surface area contributed by atoms with E-state index in [4.69, 9.17) is 5.11 Å². The fraction of sp³-hybridized carbons (Fsp3) is 0.538. The number of aromatic carboxylic acids is 1. The number of hydrogen-bond acceptors (Lipinski definition) is 3. The number of anilines is 1. The summed E-state index contributed by atoms with van der Waals surface area (Å²) in [5.41, 5.74) is 0.242. The fourth-order valence-corrected chi connectivity index (χ4v) is 2.55. The molecule has 0 radical (unpaired) electrons. The van der Waals surface area contributed by atoms with E-state index in [0.717, 1.165) is 18.9 Å². The molecular weight excluding hydrogens is 216 g/mol. The summed E-state index contributed by atoms with van der Waals surface area (Å²) in [6.07, 6.45) is 2.69. The average Bonchev–Trinajstić information content (AvgIpc) is 2.28. The number of carboxylic acids is 1. The highest BCUT2D eigenvalue weighted by atomic mass is 16.4. The molecular formula is C13H18N2O2. The molecule has 1 N–H and O–H groups in total. The Labute approximate surface area is 101 Å². The quantitative estimate of drug-likeness (QED) is 0.852. The molecule has 2 atom stereocenters. The molecule has 1 aliphatic rings. The average molecular weight is 234 g/mol. The lowest BCUT2D eigenvalue weighted by molar-refractivity contribution is 0.0696. The van der Waals surface area contributed by atoms with Crippen LogP contribution in [0.15, 0.2) is 18.3 Å². The number of rotatable bonds is 2. The molecule has 0 bridgehead atoms. The van der Waals surface area contributed by atoms with E-state index < -0.39 is 5.97 Å². The second kappa shape index (κ2) is 4.73. The third kappa shape index (κ3) is 2.75. The van der Waals surface area contributed by atoms with Gasteiger partial charge in [0.1, 0.15) is 5.82 Å². The second-order valence-electron chi connectivity index (χ2n) is 5.06. The minimum absolute atomic E-state index is 0.242. The topological polar surface area (TPSA) is 53.4 Å². The Morgan fingerprint density at radius 3 is 2.47 bits per heavy atom. The van der Waals surface area contributed by atoms with Crippen LogP contribution in [-0.4, -0.2) is 29.1 Å². The van der Waals surface area contributed by atoms with Crippen molar-refractivity contribution in [3.63, 3.8) is 0 Å². The molecule has 0 aromatic carbocycles. The minimum Gasteiger partial charge on any atom is -0.478 e. The van der Waals surface area contributed by atoms with Crippen molar-refractivity contribution >= 4 is 11.8 Å². The van der Waals surface area contributed by atoms with Crippen molar-refractivity contribution in [3.8, 4) is 0 Å². The van der Waals surface area contributed by atoms with Crippen LogP contribution < -0.4 is 4.90 Å². The Morgan fingerprint density at radius 1 is 1.35 bits per heavy atom. The Kier molecular flexibility index (Phi) is 3.31. The lowest BCUT2D eigenvalue weighted by Gasteiger charge is -2.35. The molecule has 4 heteroatoms. The van der Waals surface area contributed by atoms with Gasteiger partial charge in [-0.3, -0.25) is 0 Å². The van der Waals surface area contributed by atoms with E-state index in [0.29, 0.717) is 11.8 Å². The predicted octanol–water partition coefficient (Wildman–Crippen LogP) is 2.26. The van der Waals surface area contributed by atoms with Gasteiger partial charge in [-0.15, -0.1) is 0 Å². The van der Waals surface area contributed by atoms with Gasteiger partial charge in [0.15, 0.2) is 0 Å². The van der Waals surface area contributed by atoms with Crippen LogP contribution in [0.1, 0.15) is 30.6 Å². The third-order valence-corrected chi connectivity index (χ3v) is 3.19. The van der Waals surface area contributed by atoms with Gasteiger partial charge in [0.05, 0.1) is 5.56 Å². The summed E-state index contributed by atoms with van der Waals surface area (Å²) in [5, 5.41) is 8.82. The molecule has 1 aliphatic heterocycles. The van der Waals surface area contributed by atoms with Gasteiger partial charge in [-0.25, -0.2) is 9.78 Å². The molecule has 0 aliphatic carbocycles. The Hall–Kier alpha value is -1.58. The first-order valence-electron chi connectivity index (χ1n) is 6.00. The van der Waals surface area contributed by atoms with Crippen molar-refractivity contribution < 1.29 is 9.90 Å². The summed E-state index contributed by atoms with van der Waals surface area (Å²) in [7, 11) is 0. The van der Waals surface area contributed by atoms with Crippen LogP contribution in [0.2, 0.25) is 0 Å². The number of nitrogens with zero attached hydrogens (tertiary/aromatic N) is 2. The fourth-order valence-electron chi connectivity index (χ4n) is 2.55. The maximum atomic E-state index is 10.7. The highest BCUT2D eigenvalue weighted by Gasteiger charge is 2.22. The monoisotopic (exact) mass is 234 g/mol. The predicted molar refractivity (Wildman–Crippen MR) is 66.4 cm³/mol. The van der Waals surface area contributed by atoms with Crippen molar-refractivity contribution in [2.75, 3.05) is 18.0 Å². The Morgan fingerprint density at radius 2 is 2.00 bits per heavy atom. The summed E-state index contributed by atoms with van der Waals surface area (Å²) in [6, 6.07) is 3.42. The molecule has 4 nitrogen and oxygen atoms in total. The van der Waals surface area contributed by atoms with Gasteiger partial charge in [0, 0.05) is 19.3 Å². The molecule has 1 saturated heterocycles. The van der Waals surface area contributed by atoms with Crippen molar-refractivity contribution in [2.45, 2.75) is 20.3 Å². The largest absolute Gasteiger partial charge is 0.478 e. The van der Waals surface area contributed by atoms with Crippen molar-refractivity contribution in [1.82, 2.24) is 4.98 Å². The third-order valence-electron chi connectivity index (χ3n) is 3.19. The first-order chi connectivity index (χ1) is 8.06. The van der Waals surface area contributed by atoms with Crippen LogP contribution in [0.4, 0.5) is 5.82 Å². The molecule has 17 heavy (non-hydrogen) atoms. The van der Waals surface area contributed by atoms with Crippen LogP contribution in [0.5, 0.6) is 0 Å². The number of carbonyl (C=O) groups is 1. The highest BCUT2D eigenvalue weighted by molar-refractivity contribution is 5.87. The highest BCUT2D eigenvalue weighted by Crippen LogP contribution is 2.24. The van der Waals surface area contributed by atoms with E-state index in [9.17, 15) is 4.79 Å². The number of hydrogen-bond donors (Lipinski definition) is 1. The van der Waals surface area contributed by atoms with Gasteiger partial charge in [-0.1, -0.05) is 13.8 Å². The minimum atomic E-state index is -0.926. The van der Waals surface area contributed by atoms with E-state index in [1.54, 1.807) is 12.1 Å². The first-order valence-corrected chi connectivity index (χ1v) is 6.00. The summed E-state index contributed by atoms with van der Waals surface area (Å²) in [6.45, 7) is 6.50. The number of piperidine rings is 1. The molecule has 2 rings (SSSR count). The maximum absolute atomic E-state index is 10.7. The standard InChI is InChI=1S/C13H18N2O2/c1-9-5-10(2)8-15(7-9)12-4-3-11(6-14-12)13(16)17/h3-4,6,9-10H,5,7-8H2,1-2H3,(H,16,17)/t9-,10-/m1/s1. The first kappa shape index (κ1) is 11.9. The smallest absolute Gasteiger partial charge is 0.337 e. The van der Waals surface area contributed by atoms with Crippen LogP contribution in [-0.2, 0) is 0 Å². The van der Waals surface area contributed by atoms with Crippen molar-refractivity contribution in [3.05, 3.63) is 23.9 Å². The van der Waals surface area contributed by atoms with E-state index in [1.165, 1.54) is 12.6 Å². The van der Waals surface area contributed by atoms with E-state index >= 15 is 0 Å². The number of aromatic nitrogens is 1. The van der Waals surface area contributed by atoms with Gasteiger partial charge in [-0.05, 0) is 30.4 Å². The summed E-state index contributed by atoms with van der Waals surface area (Å²) >= 11 is 0. The molecule has 0 saturated carbocycles. The van der Waals surface area contributed by atoms with E-state index in [1.807, 2.05) is 0 Å². The van der Waals surface area contributed by atoms with Crippen LogP contribution in [0.3, 0.4) is 0 Å². The molecule has 2 heterocycles. The second-order valence-corrected chi connectivity index (χ2v) is 5.06. The zero-order chi connectivity index (χ0) is 12.4. The molecule has 92 valence electrons. The molecule has 0 spiro atoms. The number of carboxylic acid groups (broad SMARTS) is 1. The molecule has 1 fully saturated rings. The van der Waals surface area contributed by atoms with E-state index in [2.05, 4.69) is 23.7 Å². The summed E-state index contributed by atoms with van der Waals surface area (Å²) < 4.78 is 0. The van der Waals surface area contributed by atoms with Gasteiger partial charge >= 0.3 is 5.97 Å². The number of pyridine rings is 1. The van der Waals surface area contributed by atoms with Crippen LogP contribution >= 0.6 is 0 Å². The Bertz CT molecular complexity index is 392. The maximum Gasteiger partial charge on any atom is 0.337 e. The lowest BCUT2D eigenvalue weighted by atomic mass is 9.92. The molecule has 1 aromatic heterocycles. The lowest BCUT2D eigenvalue weighted by Crippen LogP contribution is -2.39. The van der Waals surface area contributed by atoms with Crippen molar-refractivity contribution in [1.29, 1.82) is 0 Å². The van der Waals surface area contributed by atoms with Crippen molar-refractivity contribution in [2.24, 2.45) is 11.8 Å².